The van der Waals surface area contributed by atoms with Crippen LogP contribution in [0, 0.1) is 11.7 Å². The lowest BCUT2D eigenvalue weighted by atomic mass is 9.93. The number of piperidine rings is 1. The number of nitrogens with zero attached hydrogens (tertiary/aromatic N) is 1. The highest BCUT2D eigenvalue weighted by Gasteiger charge is 2.21. The molecule has 1 aliphatic heterocycles. The van der Waals surface area contributed by atoms with Crippen LogP contribution in [0.25, 0.3) is 0 Å². The average molecular weight is 413 g/mol. The molecule has 1 atom stereocenters. The van der Waals surface area contributed by atoms with Crippen molar-refractivity contribution >= 4 is 11.9 Å². The van der Waals surface area contributed by atoms with Crippen molar-refractivity contribution in [3.05, 3.63) is 71.0 Å². The van der Waals surface area contributed by atoms with E-state index >= 15 is 0 Å². The SMILES string of the molecule is COC(=O)c1ccc(CN2CCC[C@H](CCC(=O)NCc3ccccc3F)C2)cc1. The first-order valence-corrected chi connectivity index (χ1v) is 10.4. The van der Waals surface area contributed by atoms with E-state index in [1.807, 2.05) is 12.1 Å². The lowest BCUT2D eigenvalue weighted by molar-refractivity contribution is -0.121. The predicted molar refractivity (Wildman–Crippen MR) is 113 cm³/mol. The molecule has 1 heterocycles. The van der Waals surface area contributed by atoms with Crippen LogP contribution in [0.3, 0.4) is 0 Å². The molecule has 0 spiro atoms. The van der Waals surface area contributed by atoms with Crippen molar-refractivity contribution in [2.75, 3.05) is 20.2 Å². The standard InChI is InChI=1S/C24H29FN2O3/c1-30-24(29)20-11-8-19(9-12-20)17-27-14-4-5-18(16-27)10-13-23(28)26-15-21-6-2-3-7-22(21)25/h2-3,6-9,11-12,18H,4-5,10,13-17H2,1H3,(H,26,28)/t18-/m1/s1. The van der Waals surface area contributed by atoms with E-state index in [4.69, 9.17) is 4.74 Å². The summed E-state index contributed by atoms with van der Waals surface area (Å²) in [6.07, 6.45) is 3.53. The van der Waals surface area contributed by atoms with Gasteiger partial charge in [-0.05, 0) is 55.5 Å². The van der Waals surface area contributed by atoms with Crippen LogP contribution in [-0.2, 0) is 22.6 Å². The van der Waals surface area contributed by atoms with Crippen LogP contribution in [-0.4, -0.2) is 37.0 Å². The maximum Gasteiger partial charge on any atom is 0.337 e. The highest BCUT2D eigenvalue weighted by Crippen LogP contribution is 2.22. The second kappa shape index (κ2) is 10.9. The number of nitrogens with one attached hydrogen (secondary N) is 1. The first-order valence-electron chi connectivity index (χ1n) is 10.4. The molecule has 6 heteroatoms. The monoisotopic (exact) mass is 412 g/mol. The summed E-state index contributed by atoms with van der Waals surface area (Å²) in [5.74, 6) is -0.172. The lowest BCUT2D eigenvalue weighted by Crippen LogP contribution is -2.35. The number of carbonyl (C=O) groups excluding carboxylic acids is 2. The molecule has 2 aromatic carbocycles. The smallest absolute Gasteiger partial charge is 0.337 e. The molecular formula is C24H29FN2O3. The van der Waals surface area contributed by atoms with Crippen molar-refractivity contribution in [1.29, 1.82) is 0 Å². The Balaban J connectivity index is 1.41. The van der Waals surface area contributed by atoms with Gasteiger partial charge in [0.2, 0.25) is 5.91 Å². The Labute approximate surface area is 177 Å². The van der Waals surface area contributed by atoms with E-state index in [0.717, 1.165) is 44.5 Å². The third-order valence-electron chi connectivity index (χ3n) is 5.60. The van der Waals surface area contributed by atoms with Gasteiger partial charge in [-0.1, -0.05) is 30.3 Å². The third-order valence-corrected chi connectivity index (χ3v) is 5.60. The summed E-state index contributed by atoms with van der Waals surface area (Å²) in [6, 6.07) is 14.0. The van der Waals surface area contributed by atoms with Gasteiger partial charge in [-0.2, -0.15) is 0 Å². The molecule has 3 rings (SSSR count). The Bertz CT molecular complexity index is 854. The van der Waals surface area contributed by atoms with Crippen molar-refractivity contribution in [2.45, 2.75) is 38.8 Å². The number of ether oxygens (including phenoxy) is 1. The molecule has 0 unspecified atom stereocenters. The van der Waals surface area contributed by atoms with Crippen LogP contribution in [0.1, 0.15) is 47.2 Å². The van der Waals surface area contributed by atoms with Crippen molar-refractivity contribution in [3.63, 3.8) is 0 Å². The molecule has 0 radical (unpaired) electrons. The van der Waals surface area contributed by atoms with Crippen molar-refractivity contribution < 1.29 is 18.7 Å². The van der Waals surface area contributed by atoms with Crippen LogP contribution in [0.4, 0.5) is 4.39 Å². The van der Waals surface area contributed by atoms with Gasteiger partial charge >= 0.3 is 5.97 Å². The molecule has 0 bridgehead atoms. The van der Waals surface area contributed by atoms with Crippen LogP contribution in [0.5, 0.6) is 0 Å². The van der Waals surface area contributed by atoms with E-state index in [-0.39, 0.29) is 24.2 Å². The van der Waals surface area contributed by atoms with Crippen LogP contribution >= 0.6 is 0 Å². The second-order valence-electron chi connectivity index (χ2n) is 7.84. The van der Waals surface area contributed by atoms with Gasteiger partial charge in [-0.3, -0.25) is 9.69 Å². The first kappa shape index (κ1) is 22.0. The topological polar surface area (TPSA) is 58.6 Å². The zero-order valence-corrected chi connectivity index (χ0v) is 17.4. The minimum Gasteiger partial charge on any atom is -0.465 e. The molecule has 1 fully saturated rings. The number of hydrogen-bond acceptors (Lipinski definition) is 4. The normalized spacial score (nSPS) is 16.8. The zero-order chi connectivity index (χ0) is 21.3. The molecular weight excluding hydrogens is 383 g/mol. The van der Waals surface area contributed by atoms with E-state index in [1.54, 1.807) is 30.3 Å². The molecule has 0 aromatic heterocycles. The molecule has 1 saturated heterocycles. The quantitative estimate of drug-likeness (QED) is 0.668. The van der Waals surface area contributed by atoms with E-state index in [9.17, 15) is 14.0 Å². The van der Waals surface area contributed by atoms with Crippen LogP contribution in [0.2, 0.25) is 0 Å². The molecule has 0 aliphatic carbocycles. The van der Waals surface area contributed by atoms with Crippen LogP contribution < -0.4 is 5.32 Å². The molecule has 5 nitrogen and oxygen atoms in total. The largest absolute Gasteiger partial charge is 0.465 e. The number of amides is 1. The van der Waals surface area contributed by atoms with Gasteiger partial charge < -0.3 is 10.1 Å². The number of methoxy groups -OCH3 is 1. The Hall–Kier alpha value is -2.73. The molecule has 2 aromatic rings. The van der Waals surface area contributed by atoms with Gasteiger partial charge in [0.15, 0.2) is 0 Å². The van der Waals surface area contributed by atoms with Gasteiger partial charge in [0.25, 0.3) is 0 Å². The fourth-order valence-electron chi connectivity index (χ4n) is 3.91. The average Bonchev–Trinajstić information content (AvgIpc) is 2.77. The highest BCUT2D eigenvalue weighted by molar-refractivity contribution is 5.89. The van der Waals surface area contributed by atoms with Gasteiger partial charge in [0.05, 0.1) is 12.7 Å². The summed E-state index contributed by atoms with van der Waals surface area (Å²) in [5, 5.41) is 2.82. The van der Waals surface area contributed by atoms with E-state index in [1.165, 1.54) is 13.2 Å². The Kier molecular flexibility index (Phi) is 7.97. The van der Waals surface area contributed by atoms with E-state index < -0.39 is 0 Å². The predicted octanol–water partition coefficient (Wildman–Crippen LogP) is 3.92. The fraction of sp³-hybridized carbons (Fsp3) is 0.417. The maximum absolute atomic E-state index is 13.6. The Morgan fingerprint density at radius 1 is 1.17 bits per heavy atom. The van der Waals surface area contributed by atoms with E-state index in [2.05, 4.69) is 10.2 Å². The third kappa shape index (κ3) is 6.39. The summed E-state index contributed by atoms with van der Waals surface area (Å²) < 4.78 is 18.4. The number of likely N-dealkylation sites (tertiary alicyclic amines) is 1. The zero-order valence-electron chi connectivity index (χ0n) is 17.4. The number of rotatable bonds is 8. The van der Waals surface area contributed by atoms with Gasteiger partial charge in [0.1, 0.15) is 5.82 Å². The Morgan fingerprint density at radius 3 is 2.67 bits per heavy atom. The van der Waals surface area contributed by atoms with Crippen LogP contribution in [0.15, 0.2) is 48.5 Å². The summed E-state index contributed by atoms with van der Waals surface area (Å²) in [6.45, 7) is 3.05. The van der Waals surface area contributed by atoms with Gasteiger partial charge in [-0.15, -0.1) is 0 Å². The number of esters is 1. The summed E-state index contributed by atoms with van der Waals surface area (Å²) in [7, 11) is 1.38. The maximum atomic E-state index is 13.6. The Morgan fingerprint density at radius 2 is 1.93 bits per heavy atom. The molecule has 1 N–H and O–H groups in total. The molecule has 30 heavy (non-hydrogen) atoms. The van der Waals surface area contributed by atoms with Gasteiger partial charge in [0, 0.05) is 31.6 Å². The number of benzene rings is 2. The van der Waals surface area contributed by atoms with Crippen molar-refractivity contribution in [1.82, 2.24) is 10.2 Å². The fourth-order valence-corrected chi connectivity index (χ4v) is 3.91. The number of halogens is 1. The van der Waals surface area contributed by atoms with Crippen molar-refractivity contribution in [2.24, 2.45) is 5.92 Å². The summed E-state index contributed by atoms with van der Waals surface area (Å²) in [5.41, 5.74) is 2.22. The van der Waals surface area contributed by atoms with E-state index in [0.29, 0.717) is 23.5 Å². The first-order chi connectivity index (χ1) is 14.5. The molecule has 0 saturated carbocycles. The minimum absolute atomic E-state index is 0.0335. The summed E-state index contributed by atoms with van der Waals surface area (Å²) >= 11 is 0. The van der Waals surface area contributed by atoms with Crippen molar-refractivity contribution in [3.8, 4) is 0 Å². The molecule has 1 amide bonds. The highest BCUT2D eigenvalue weighted by atomic mass is 19.1. The minimum atomic E-state index is -0.326. The molecule has 1 aliphatic rings. The molecule has 160 valence electrons. The number of hydrogen-bond donors (Lipinski definition) is 1. The number of carbonyl (C=O) groups is 2. The lowest BCUT2D eigenvalue weighted by Gasteiger charge is -2.32. The van der Waals surface area contributed by atoms with Gasteiger partial charge in [-0.25, -0.2) is 9.18 Å². The summed E-state index contributed by atoms with van der Waals surface area (Å²) in [4.78, 5) is 26.1. The second-order valence-corrected chi connectivity index (χ2v) is 7.84.